The second kappa shape index (κ2) is 8.54. The minimum absolute atomic E-state index is 0.00871. The lowest BCUT2D eigenvalue weighted by Gasteiger charge is -2.36. The molecule has 3 heterocycles. The molecule has 0 aliphatic carbocycles. The highest BCUT2D eigenvalue weighted by molar-refractivity contribution is 5.96. The molecule has 0 aromatic carbocycles. The van der Waals surface area contributed by atoms with Crippen molar-refractivity contribution in [1.29, 1.82) is 0 Å². The number of nitrogens with zero attached hydrogens (tertiary/aromatic N) is 4. The van der Waals surface area contributed by atoms with Crippen LogP contribution >= 0.6 is 0 Å². The zero-order valence-corrected chi connectivity index (χ0v) is 17.0. The number of carbonyl (C=O) groups excluding carboxylic acids is 1. The maximum Gasteiger partial charge on any atom is 0.259 e. The summed E-state index contributed by atoms with van der Waals surface area (Å²) in [6.45, 7) is 10.6. The Morgan fingerprint density at radius 3 is 2.74 bits per heavy atom. The molecule has 1 unspecified atom stereocenters. The Morgan fingerprint density at radius 1 is 1.30 bits per heavy atom. The van der Waals surface area contributed by atoms with Gasteiger partial charge in [0.15, 0.2) is 0 Å². The van der Waals surface area contributed by atoms with E-state index in [1.165, 1.54) is 0 Å². The van der Waals surface area contributed by atoms with Crippen molar-refractivity contribution in [3.05, 3.63) is 23.9 Å². The van der Waals surface area contributed by atoms with E-state index in [1.54, 1.807) is 12.3 Å². The van der Waals surface area contributed by atoms with Crippen LogP contribution in [0.1, 0.15) is 24.2 Å². The van der Waals surface area contributed by atoms with Crippen LogP contribution in [0, 0.1) is 5.41 Å². The van der Waals surface area contributed by atoms with Gasteiger partial charge in [-0.05, 0) is 31.6 Å². The lowest BCUT2D eigenvalue weighted by molar-refractivity contribution is 0.0119. The lowest BCUT2D eigenvalue weighted by atomic mass is 9.91. The fourth-order valence-corrected chi connectivity index (χ4v) is 4.07. The fraction of sp³-hybridized carbons (Fsp3) is 0.700. The molecular formula is C20H32N4O3. The Bertz CT molecular complexity index is 644. The molecule has 1 amide bonds. The van der Waals surface area contributed by atoms with Crippen LogP contribution in [0.3, 0.4) is 0 Å². The topological polar surface area (TPSA) is 58.1 Å². The van der Waals surface area contributed by atoms with E-state index in [4.69, 9.17) is 9.47 Å². The van der Waals surface area contributed by atoms with E-state index in [1.807, 2.05) is 11.0 Å². The van der Waals surface area contributed by atoms with Crippen LogP contribution in [0.5, 0.6) is 5.88 Å². The van der Waals surface area contributed by atoms with Gasteiger partial charge in [-0.15, -0.1) is 0 Å². The summed E-state index contributed by atoms with van der Waals surface area (Å²) in [6.07, 6.45) is 1.59. The number of fused-ring (bicyclic) bond motifs is 1. The van der Waals surface area contributed by atoms with E-state index >= 15 is 0 Å². The van der Waals surface area contributed by atoms with Crippen LogP contribution in [0.25, 0.3) is 0 Å². The van der Waals surface area contributed by atoms with E-state index in [0.29, 0.717) is 24.5 Å². The Labute approximate surface area is 162 Å². The van der Waals surface area contributed by atoms with Crippen molar-refractivity contribution in [2.45, 2.75) is 20.0 Å². The molecule has 7 heteroatoms. The first-order chi connectivity index (χ1) is 12.8. The summed E-state index contributed by atoms with van der Waals surface area (Å²) in [4.78, 5) is 24.0. The second-order valence-electron chi connectivity index (χ2n) is 8.60. The predicted octanol–water partition coefficient (Wildman–Crippen LogP) is 1.20. The molecule has 1 atom stereocenters. The van der Waals surface area contributed by atoms with Crippen LogP contribution in [-0.2, 0) is 4.74 Å². The molecule has 7 nitrogen and oxygen atoms in total. The highest BCUT2D eigenvalue weighted by Crippen LogP contribution is 2.26. The summed E-state index contributed by atoms with van der Waals surface area (Å²) < 4.78 is 11.6. The van der Waals surface area contributed by atoms with Crippen molar-refractivity contribution < 1.29 is 14.3 Å². The first kappa shape index (κ1) is 20.0. The van der Waals surface area contributed by atoms with Crippen LogP contribution in [0.15, 0.2) is 18.3 Å². The van der Waals surface area contributed by atoms with Gasteiger partial charge < -0.3 is 19.3 Å². The molecule has 27 heavy (non-hydrogen) atoms. The summed E-state index contributed by atoms with van der Waals surface area (Å²) in [5.74, 6) is 0.461. The third-order valence-electron chi connectivity index (χ3n) is 4.92. The zero-order valence-electron chi connectivity index (χ0n) is 17.0. The molecule has 0 radical (unpaired) electrons. The van der Waals surface area contributed by atoms with Gasteiger partial charge in [-0.1, -0.05) is 13.8 Å². The largest absolute Gasteiger partial charge is 0.471 e. The SMILES string of the molecule is CN(C)CC(C)(C)CN1CC(CN2CCOCC2)Oc2ncccc2C1=O. The number of ether oxygens (including phenoxy) is 2. The van der Waals surface area contributed by atoms with Crippen molar-refractivity contribution in [2.75, 3.05) is 66.6 Å². The fourth-order valence-electron chi connectivity index (χ4n) is 4.07. The van der Waals surface area contributed by atoms with Gasteiger partial charge in [-0.3, -0.25) is 9.69 Å². The van der Waals surface area contributed by atoms with Gasteiger partial charge in [-0.2, -0.15) is 0 Å². The zero-order chi connectivity index (χ0) is 19.4. The van der Waals surface area contributed by atoms with E-state index < -0.39 is 0 Å². The number of amides is 1. The summed E-state index contributed by atoms with van der Waals surface area (Å²) in [5.41, 5.74) is 0.540. The van der Waals surface area contributed by atoms with Crippen molar-refractivity contribution >= 4 is 5.91 Å². The minimum Gasteiger partial charge on any atom is -0.471 e. The Balaban J connectivity index is 1.79. The highest BCUT2D eigenvalue weighted by atomic mass is 16.5. The van der Waals surface area contributed by atoms with Crippen LogP contribution < -0.4 is 4.74 Å². The number of morpholine rings is 1. The third kappa shape index (κ3) is 5.40. The van der Waals surface area contributed by atoms with Crippen molar-refractivity contribution in [1.82, 2.24) is 19.7 Å². The lowest BCUT2D eigenvalue weighted by Crippen LogP contribution is -2.49. The monoisotopic (exact) mass is 376 g/mol. The summed E-state index contributed by atoms with van der Waals surface area (Å²) in [7, 11) is 4.13. The van der Waals surface area contributed by atoms with Gasteiger partial charge in [0, 0.05) is 38.9 Å². The summed E-state index contributed by atoms with van der Waals surface area (Å²) >= 11 is 0. The standard InChI is InChI=1S/C20H32N4O3/c1-20(2,14-22(3)4)15-24-13-16(12-23-8-10-26-11-9-23)27-18-17(19(24)25)6-5-7-21-18/h5-7,16H,8-15H2,1-4H3. The third-order valence-corrected chi connectivity index (χ3v) is 4.92. The van der Waals surface area contributed by atoms with Crippen LogP contribution in [0.4, 0.5) is 0 Å². The normalized spacial score (nSPS) is 21.7. The van der Waals surface area contributed by atoms with Crippen molar-refractivity contribution in [3.63, 3.8) is 0 Å². The van der Waals surface area contributed by atoms with Gasteiger partial charge in [-0.25, -0.2) is 4.98 Å². The van der Waals surface area contributed by atoms with Gasteiger partial charge in [0.2, 0.25) is 5.88 Å². The van der Waals surface area contributed by atoms with Gasteiger partial charge in [0.05, 0.1) is 19.8 Å². The van der Waals surface area contributed by atoms with Crippen molar-refractivity contribution in [2.24, 2.45) is 5.41 Å². The quantitative estimate of drug-likeness (QED) is 0.744. The Morgan fingerprint density at radius 2 is 2.04 bits per heavy atom. The van der Waals surface area contributed by atoms with Gasteiger partial charge in [0.1, 0.15) is 11.7 Å². The average Bonchev–Trinajstić information content (AvgIpc) is 2.72. The van der Waals surface area contributed by atoms with Gasteiger partial charge in [0.25, 0.3) is 5.91 Å². The number of rotatable bonds is 6. The summed E-state index contributed by atoms with van der Waals surface area (Å²) in [6, 6.07) is 3.61. The first-order valence-electron chi connectivity index (χ1n) is 9.70. The number of hydrogen-bond donors (Lipinski definition) is 0. The molecule has 0 spiro atoms. The van der Waals surface area contributed by atoms with Crippen LogP contribution in [0.2, 0.25) is 0 Å². The van der Waals surface area contributed by atoms with Gasteiger partial charge >= 0.3 is 0 Å². The Kier molecular flexibility index (Phi) is 6.34. The first-order valence-corrected chi connectivity index (χ1v) is 9.70. The minimum atomic E-state index is -0.0987. The summed E-state index contributed by atoms with van der Waals surface area (Å²) in [5, 5.41) is 0. The van der Waals surface area contributed by atoms with E-state index in [9.17, 15) is 4.79 Å². The number of pyridine rings is 1. The molecule has 0 N–H and O–H groups in total. The van der Waals surface area contributed by atoms with E-state index in [2.05, 4.69) is 42.7 Å². The number of aromatic nitrogens is 1. The maximum absolute atomic E-state index is 13.2. The molecular weight excluding hydrogens is 344 g/mol. The van der Waals surface area contributed by atoms with Crippen molar-refractivity contribution in [3.8, 4) is 5.88 Å². The molecule has 150 valence electrons. The average molecular weight is 377 g/mol. The number of carbonyl (C=O) groups is 1. The molecule has 1 saturated heterocycles. The molecule has 1 aromatic rings. The Hall–Kier alpha value is -1.70. The second-order valence-corrected chi connectivity index (χ2v) is 8.60. The van der Waals surface area contributed by atoms with E-state index in [-0.39, 0.29) is 17.4 Å². The predicted molar refractivity (Wildman–Crippen MR) is 104 cm³/mol. The molecule has 2 aliphatic rings. The smallest absolute Gasteiger partial charge is 0.259 e. The number of hydrogen-bond acceptors (Lipinski definition) is 6. The molecule has 3 rings (SSSR count). The maximum atomic E-state index is 13.2. The van der Waals surface area contributed by atoms with E-state index in [0.717, 1.165) is 39.4 Å². The molecule has 1 fully saturated rings. The molecule has 1 aromatic heterocycles. The highest BCUT2D eigenvalue weighted by Gasteiger charge is 2.34. The van der Waals surface area contributed by atoms with Crippen LogP contribution in [-0.4, -0.2) is 98.3 Å². The molecule has 0 saturated carbocycles. The molecule has 0 bridgehead atoms. The molecule has 2 aliphatic heterocycles.